The second kappa shape index (κ2) is 4.53. The summed E-state index contributed by atoms with van der Waals surface area (Å²) in [6, 6.07) is 22.2. The lowest BCUT2D eigenvalue weighted by molar-refractivity contribution is 0.262. The molecular formula is C20H15NO2. The minimum Gasteiger partial charge on any atom is -0.507 e. The highest BCUT2D eigenvalue weighted by atomic mass is 16.5. The molecule has 3 aromatic carbocycles. The molecule has 1 atom stereocenters. The van der Waals surface area contributed by atoms with Crippen molar-refractivity contribution in [2.75, 3.05) is 6.61 Å². The van der Waals surface area contributed by atoms with Crippen LogP contribution in [-0.4, -0.2) is 16.3 Å². The molecule has 0 saturated carbocycles. The summed E-state index contributed by atoms with van der Waals surface area (Å²) in [4.78, 5) is 0. The van der Waals surface area contributed by atoms with Gasteiger partial charge < -0.3 is 14.4 Å². The van der Waals surface area contributed by atoms with Gasteiger partial charge in [0.05, 0.1) is 17.1 Å². The van der Waals surface area contributed by atoms with Crippen molar-refractivity contribution in [2.45, 2.75) is 6.04 Å². The zero-order valence-electron chi connectivity index (χ0n) is 12.4. The first-order chi connectivity index (χ1) is 11.3. The van der Waals surface area contributed by atoms with Crippen molar-refractivity contribution in [3.05, 3.63) is 72.3 Å². The predicted molar refractivity (Wildman–Crippen MR) is 91.2 cm³/mol. The fourth-order valence-electron chi connectivity index (χ4n) is 3.70. The van der Waals surface area contributed by atoms with Gasteiger partial charge in [-0.05, 0) is 23.8 Å². The van der Waals surface area contributed by atoms with Gasteiger partial charge in [-0.1, -0.05) is 48.5 Å². The van der Waals surface area contributed by atoms with E-state index in [0.717, 1.165) is 27.6 Å². The lowest BCUT2D eigenvalue weighted by atomic mass is 10.1. The second-order valence-electron chi connectivity index (χ2n) is 5.93. The van der Waals surface area contributed by atoms with E-state index in [-0.39, 0.29) is 6.04 Å². The van der Waals surface area contributed by atoms with Crippen LogP contribution in [0.4, 0.5) is 0 Å². The maximum absolute atomic E-state index is 10.4. The minimum absolute atomic E-state index is 0.105. The van der Waals surface area contributed by atoms with Crippen molar-refractivity contribution >= 4 is 21.8 Å². The summed E-state index contributed by atoms with van der Waals surface area (Å²) in [5.74, 6) is 1.20. The maximum Gasteiger partial charge on any atom is 0.143 e. The van der Waals surface area contributed by atoms with Crippen molar-refractivity contribution in [3.63, 3.8) is 0 Å². The number of hydrogen-bond donors (Lipinski definition) is 1. The van der Waals surface area contributed by atoms with Gasteiger partial charge in [0, 0.05) is 10.8 Å². The number of phenols is 1. The number of hydrogen-bond acceptors (Lipinski definition) is 2. The fraction of sp³-hybridized carbons (Fsp3) is 0.100. The molecule has 0 spiro atoms. The Kier molecular flexibility index (Phi) is 2.48. The number of phenolic OH excluding ortho intramolecular Hbond substituents is 1. The highest BCUT2D eigenvalue weighted by molar-refractivity contribution is 6.13. The molecule has 23 heavy (non-hydrogen) atoms. The predicted octanol–water partition coefficient (Wildman–Crippen LogP) is 4.48. The van der Waals surface area contributed by atoms with E-state index in [9.17, 15) is 5.11 Å². The quantitative estimate of drug-likeness (QED) is 0.562. The van der Waals surface area contributed by atoms with Crippen LogP contribution in [-0.2, 0) is 0 Å². The van der Waals surface area contributed by atoms with E-state index in [1.54, 1.807) is 6.07 Å². The molecule has 1 aromatic heterocycles. The Morgan fingerprint density at radius 2 is 1.74 bits per heavy atom. The van der Waals surface area contributed by atoms with Crippen LogP contribution in [0.25, 0.3) is 21.8 Å². The number of fused-ring (bicyclic) bond motifs is 3. The Hall–Kier alpha value is -2.94. The van der Waals surface area contributed by atoms with Gasteiger partial charge in [0.15, 0.2) is 0 Å². The van der Waals surface area contributed by atoms with E-state index in [1.807, 2.05) is 30.3 Å². The number of benzene rings is 3. The summed E-state index contributed by atoms with van der Waals surface area (Å²) in [5, 5.41) is 12.3. The molecule has 2 heterocycles. The normalized spacial score (nSPS) is 16.6. The van der Waals surface area contributed by atoms with E-state index in [0.29, 0.717) is 12.4 Å². The van der Waals surface area contributed by atoms with Crippen LogP contribution in [0.3, 0.4) is 0 Å². The average molecular weight is 301 g/mol. The SMILES string of the molecule is Oc1cccc2c1c1cccc3c1n2[C@H](c1ccccc1)CO3. The van der Waals surface area contributed by atoms with E-state index in [2.05, 4.69) is 34.9 Å². The first-order valence-electron chi connectivity index (χ1n) is 7.77. The standard InChI is InChI=1S/C20H15NO2/c22-17-10-5-9-15-19(17)14-8-4-11-18-20(14)21(15)16(12-23-18)13-6-2-1-3-7-13/h1-11,16,22H,12H2/t16-/m0/s1. The van der Waals surface area contributed by atoms with Gasteiger partial charge in [0.25, 0.3) is 0 Å². The maximum atomic E-state index is 10.4. The van der Waals surface area contributed by atoms with Gasteiger partial charge in [0.1, 0.15) is 18.1 Å². The van der Waals surface area contributed by atoms with Gasteiger partial charge in [-0.2, -0.15) is 0 Å². The Bertz CT molecular complexity index is 1030. The fourth-order valence-corrected chi connectivity index (χ4v) is 3.70. The molecular weight excluding hydrogens is 286 g/mol. The van der Waals surface area contributed by atoms with Crippen molar-refractivity contribution in [2.24, 2.45) is 0 Å². The van der Waals surface area contributed by atoms with Crippen LogP contribution in [0, 0.1) is 0 Å². The third-order valence-electron chi connectivity index (χ3n) is 4.68. The Balaban J connectivity index is 1.94. The van der Waals surface area contributed by atoms with Crippen LogP contribution in [0.2, 0.25) is 0 Å². The number of aromatic nitrogens is 1. The van der Waals surface area contributed by atoms with Gasteiger partial charge in [-0.15, -0.1) is 0 Å². The molecule has 3 heteroatoms. The van der Waals surface area contributed by atoms with E-state index in [4.69, 9.17) is 4.74 Å². The molecule has 1 aliphatic heterocycles. The van der Waals surface area contributed by atoms with Crippen molar-refractivity contribution < 1.29 is 9.84 Å². The Labute approximate surface area is 133 Å². The molecule has 0 bridgehead atoms. The van der Waals surface area contributed by atoms with Gasteiger partial charge in [-0.3, -0.25) is 0 Å². The van der Waals surface area contributed by atoms with E-state index in [1.165, 1.54) is 5.56 Å². The largest absolute Gasteiger partial charge is 0.507 e. The van der Waals surface area contributed by atoms with Gasteiger partial charge >= 0.3 is 0 Å². The zero-order chi connectivity index (χ0) is 15.4. The molecule has 5 rings (SSSR count). The molecule has 0 amide bonds. The van der Waals surface area contributed by atoms with Crippen LogP contribution in [0.5, 0.6) is 11.5 Å². The smallest absolute Gasteiger partial charge is 0.143 e. The van der Waals surface area contributed by atoms with Crippen LogP contribution in [0.15, 0.2) is 66.7 Å². The monoisotopic (exact) mass is 301 g/mol. The first-order valence-corrected chi connectivity index (χ1v) is 7.77. The molecule has 112 valence electrons. The molecule has 4 aromatic rings. The summed E-state index contributed by atoms with van der Waals surface area (Å²) in [6.45, 7) is 0.593. The van der Waals surface area contributed by atoms with Crippen LogP contribution in [0.1, 0.15) is 11.6 Å². The third-order valence-corrected chi connectivity index (χ3v) is 4.68. The highest BCUT2D eigenvalue weighted by Crippen LogP contribution is 2.44. The lowest BCUT2D eigenvalue weighted by Gasteiger charge is -2.27. The topological polar surface area (TPSA) is 34.4 Å². The second-order valence-corrected chi connectivity index (χ2v) is 5.93. The number of para-hydroxylation sites is 1. The van der Waals surface area contributed by atoms with Crippen molar-refractivity contribution in [1.29, 1.82) is 0 Å². The number of rotatable bonds is 1. The molecule has 1 aliphatic rings. The Morgan fingerprint density at radius 3 is 2.61 bits per heavy atom. The number of aromatic hydroxyl groups is 1. The summed E-state index contributed by atoms with van der Waals surface area (Å²) in [7, 11) is 0. The van der Waals surface area contributed by atoms with Crippen molar-refractivity contribution in [1.82, 2.24) is 4.57 Å². The van der Waals surface area contributed by atoms with Crippen LogP contribution >= 0.6 is 0 Å². The molecule has 0 saturated heterocycles. The molecule has 1 N–H and O–H groups in total. The summed E-state index contributed by atoms with van der Waals surface area (Å²) in [5.41, 5.74) is 3.32. The minimum atomic E-state index is 0.105. The van der Waals surface area contributed by atoms with E-state index < -0.39 is 0 Å². The zero-order valence-corrected chi connectivity index (χ0v) is 12.4. The molecule has 0 aliphatic carbocycles. The van der Waals surface area contributed by atoms with Gasteiger partial charge in [0.2, 0.25) is 0 Å². The highest BCUT2D eigenvalue weighted by Gasteiger charge is 2.27. The molecule has 0 radical (unpaired) electrons. The summed E-state index contributed by atoms with van der Waals surface area (Å²) >= 11 is 0. The average Bonchev–Trinajstić information content (AvgIpc) is 2.94. The van der Waals surface area contributed by atoms with E-state index >= 15 is 0 Å². The third kappa shape index (κ3) is 1.65. The van der Waals surface area contributed by atoms with Crippen molar-refractivity contribution in [3.8, 4) is 11.5 Å². The molecule has 3 nitrogen and oxygen atoms in total. The molecule has 0 fully saturated rings. The molecule has 0 unspecified atom stereocenters. The van der Waals surface area contributed by atoms with Crippen LogP contribution < -0.4 is 4.74 Å². The first kappa shape index (κ1) is 12.6. The lowest BCUT2D eigenvalue weighted by Crippen LogP contribution is -2.22. The summed E-state index contributed by atoms with van der Waals surface area (Å²) in [6.07, 6.45) is 0. The Morgan fingerprint density at radius 1 is 0.913 bits per heavy atom. The number of nitrogens with zero attached hydrogens (tertiary/aromatic N) is 1. The van der Waals surface area contributed by atoms with Gasteiger partial charge in [-0.25, -0.2) is 0 Å². The summed E-state index contributed by atoms with van der Waals surface area (Å²) < 4.78 is 8.33. The number of ether oxygens (including phenoxy) is 1.